The van der Waals surface area contributed by atoms with Crippen molar-refractivity contribution < 1.29 is 57.9 Å². The number of hydrogen-bond acceptors (Lipinski definition) is 1. The summed E-state index contributed by atoms with van der Waals surface area (Å²) < 4.78 is 0. The molecule has 0 unspecified atom stereocenters. The SMILES string of the molecule is Cc1c(O)cccc1C(C)C.[H-].[K+]. The van der Waals surface area contributed by atoms with Crippen molar-refractivity contribution in [2.75, 3.05) is 0 Å². The second kappa shape index (κ2) is 5.40. The van der Waals surface area contributed by atoms with Gasteiger partial charge in [-0.15, -0.1) is 0 Å². The predicted molar refractivity (Wildman–Crippen MR) is 48.0 cm³/mol. The maximum Gasteiger partial charge on any atom is 1.00 e. The molecule has 0 spiro atoms. The van der Waals surface area contributed by atoms with Gasteiger partial charge in [-0.3, -0.25) is 0 Å². The van der Waals surface area contributed by atoms with Crippen molar-refractivity contribution in [1.82, 2.24) is 0 Å². The maximum atomic E-state index is 9.35. The fourth-order valence-corrected chi connectivity index (χ4v) is 1.27. The molecule has 1 aromatic carbocycles. The Morgan fingerprint density at radius 1 is 1.33 bits per heavy atom. The van der Waals surface area contributed by atoms with Crippen LogP contribution in [-0.2, 0) is 0 Å². The monoisotopic (exact) mass is 190 g/mol. The first-order valence-corrected chi connectivity index (χ1v) is 3.91. The van der Waals surface area contributed by atoms with Crippen LogP contribution in [-0.4, -0.2) is 5.11 Å². The van der Waals surface area contributed by atoms with E-state index in [1.54, 1.807) is 6.07 Å². The molecular weight excluding hydrogens is 175 g/mol. The van der Waals surface area contributed by atoms with Crippen LogP contribution in [0.4, 0.5) is 0 Å². The quantitative estimate of drug-likeness (QED) is 0.615. The summed E-state index contributed by atoms with van der Waals surface area (Å²) in [4.78, 5) is 0. The van der Waals surface area contributed by atoms with Crippen LogP contribution in [0.3, 0.4) is 0 Å². The third kappa shape index (κ3) is 2.85. The van der Waals surface area contributed by atoms with Gasteiger partial charge in [-0.2, -0.15) is 0 Å². The number of hydrogen-bond donors (Lipinski definition) is 1. The molecule has 0 aliphatic carbocycles. The van der Waals surface area contributed by atoms with Gasteiger partial charge >= 0.3 is 51.4 Å². The third-order valence-electron chi connectivity index (χ3n) is 1.97. The maximum absolute atomic E-state index is 9.35. The number of aromatic hydroxyl groups is 1. The van der Waals surface area contributed by atoms with Crippen molar-refractivity contribution in [3.63, 3.8) is 0 Å². The van der Waals surface area contributed by atoms with Gasteiger partial charge in [-0.25, -0.2) is 0 Å². The molecule has 0 fully saturated rings. The number of rotatable bonds is 1. The first kappa shape index (κ1) is 12.7. The average molecular weight is 190 g/mol. The smallest absolute Gasteiger partial charge is 1.00 e. The van der Waals surface area contributed by atoms with Gasteiger partial charge in [0.15, 0.2) is 0 Å². The molecule has 62 valence electrons. The molecule has 0 aliphatic rings. The molecule has 0 atom stereocenters. The molecule has 0 bridgehead atoms. The third-order valence-corrected chi connectivity index (χ3v) is 1.97. The van der Waals surface area contributed by atoms with Crippen molar-refractivity contribution in [1.29, 1.82) is 0 Å². The molecule has 0 heterocycles. The zero-order valence-corrected chi connectivity index (χ0v) is 11.4. The standard InChI is InChI=1S/C10H14O.K.H/c1-7(2)9-5-4-6-10(11)8(9)3;;/h4-7,11H,1-3H3;;/q;+1;-1. The number of phenols is 1. The van der Waals surface area contributed by atoms with E-state index in [-0.39, 0.29) is 52.8 Å². The van der Waals surface area contributed by atoms with Crippen molar-refractivity contribution in [3.05, 3.63) is 29.3 Å². The Kier molecular flexibility index (Phi) is 5.70. The largest absolute Gasteiger partial charge is 1.00 e. The number of benzene rings is 1. The van der Waals surface area contributed by atoms with Crippen LogP contribution >= 0.6 is 0 Å². The van der Waals surface area contributed by atoms with Crippen LogP contribution in [0, 0.1) is 6.92 Å². The summed E-state index contributed by atoms with van der Waals surface area (Å²) >= 11 is 0. The summed E-state index contributed by atoms with van der Waals surface area (Å²) in [5.41, 5.74) is 2.23. The Bertz CT molecular complexity index is 261. The van der Waals surface area contributed by atoms with Crippen LogP contribution in [0.2, 0.25) is 0 Å². The van der Waals surface area contributed by atoms with E-state index < -0.39 is 0 Å². The molecular formula is C10H15KO. The second-order valence-corrected chi connectivity index (χ2v) is 3.15. The fraction of sp³-hybridized carbons (Fsp3) is 0.400. The Hall–Kier alpha value is 0.656. The summed E-state index contributed by atoms with van der Waals surface area (Å²) in [5, 5.41) is 9.35. The summed E-state index contributed by atoms with van der Waals surface area (Å²) in [7, 11) is 0. The molecule has 0 amide bonds. The van der Waals surface area contributed by atoms with Crippen LogP contribution in [0.15, 0.2) is 18.2 Å². The zero-order chi connectivity index (χ0) is 8.43. The molecule has 2 heteroatoms. The minimum atomic E-state index is 0. The van der Waals surface area contributed by atoms with E-state index in [0.717, 1.165) is 5.56 Å². The van der Waals surface area contributed by atoms with Gasteiger partial charge in [0, 0.05) is 0 Å². The molecule has 1 aromatic rings. The van der Waals surface area contributed by atoms with Crippen LogP contribution in [0.1, 0.15) is 32.3 Å². The number of phenolic OH excluding ortho intramolecular Hbond substituents is 1. The minimum absolute atomic E-state index is 0. The van der Waals surface area contributed by atoms with Gasteiger partial charge in [-0.1, -0.05) is 26.0 Å². The first-order valence-electron chi connectivity index (χ1n) is 3.91. The van der Waals surface area contributed by atoms with Crippen molar-refractivity contribution in [2.24, 2.45) is 0 Å². The Balaban J connectivity index is 0. The molecule has 1 rings (SSSR count). The summed E-state index contributed by atoms with van der Waals surface area (Å²) in [5.74, 6) is 0.887. The van der Waals surface area contributed by atoms with Gasteiger partial charge in [-0.05, 0) is 30.0 Å². The Labute approximate surface area is 118 Å². The minimum Gasteiger partial charge on any atom is -1.00 e. The molecule has 1 nitrogen and oxygen atoms in total. The second-order valence-electron chi connectivity index (χ2n) is 3.15. The molecule has 0 saturated carbocycles. The van der Waals surface area contributed by atoms with E-state index in [9.17, 15) is 5.11 Å². The summed E-state index contributed by atoms with van der Waals surface area (Å²) in [6.07, 6.45) is 0. The van der Waals surface area contributed by atoms with Gasteiger partial charge in [0.05, 0.1) is 0 Å². The van der Waals surface area contributed by atoms with Crippen molar-refractivity contribution >= 4 is 0 Å². The Morgan fingerprint density at radius 3 is 2.33 bits per heavy atom. The topological polar surface area (TPSA) is 20.2 Å². The first-order chi connectivity index (χ1) is 5.13. The normalized spacial score (nSPS) is 9.67. The van der Waals surface area contributed by atoms with E-state index in [4.69, 9.17) is 0 Å². The molecule has 0 aliphatic heterocycles. The van der Waals surface area contributed by atoms with Gasteiger partial charge < -0.3 is 6.53 Å². The molecule has 12 heavy (non-hydrogen) atoms. The van der Waals surface area contributed by atoms with Gasteiger partial charge in [0.1, 0.15) is 5.75 Å². The average Bonchev–Trinajstić information content (AvgIpc) is 1.94. The van der Waals surface area contributed by atoms with Crippen molar-refractivity contribution in [2.45, 2.75) is 26.7 Å². The van der Waals surface area contributed by atoms with E-state index in [1.165, 1.54) is 5.56 Å². The van der Waals surface area contributed by atoms with Crippen LogP contribution in [0.5, 0.6) is 5.75 Å². The van der Waals surface area contributed by atoms with E-state index in [1.807, 2.05) is 13.0 Å². The summed E-state index contributed by atoms with van der Waals surface area (Å²) in [6, 6.07) is 5.67. The van der Waals surface area contributed by atoms with E-state index in [0.29, 0.717) is 11.7 Å². The zero-order valence-electron chi connectivity index (χ0n) is 9.26. The van der Waals surface area contributed by atoms with Gasteiger partial charge in [0.2, 0.25) is 0 Å². The molecule has 0 saturated heterocycles. The molecule has 0 aromatic heterocycles. The van der Waals surface area contributed by atoms with E-state index >= 15 is 0 Å². The van der Waals surface area contributed by atoms with Crippen LogP contribution < -0.4 is 51.4 Å². The van der Waals surface area contributed by atoms with Crippen molar-refractivity contribution in [3.8, 4) is 5.75 Å². The summed E-state index contributed by atoms with van der Waals surface area (Å²) in [6.45, 7) is 6.20. The fourth-order valence-electron chi connectivity index (χ4n) is 1.27. The Morgan fingerprint density at radius 2 is 1.92 bits per heavy atom. The molecule has 1 N–H and O–H groups in total. The predicted octanol–water partition coefficient (Wildman–Crippen LogP) is -0.0595. The van der Waals surface area contributed by atoms with Gasteiger partial charge in [0.25, 0.3) is 0 Å². The van der Waals surface area contributed by atoms with E-state index in [2.05, 4.69) is 19.9 Å². The molecule has 0 radical (unpaired) electrons. The van der Waals surface area contributed by atoms with Crippen LogP contribution in [0.25, 0.3) is 0 Å².